The Morgan fingerprint density at radius 3 is 2.69 bits per heavy atom. The lowest BCUT2D eigenvalue weighted by molar-refractivity contribution is -0.126. The fraction of sp³-hybridized carbons (Fsp3) is 0.480. The van der Waals surface area contributed by atoms with Crippen molar-refractivity contribution in [2.24, 2.45) is 5.92 Å². The molecule has 1 aliphatic carbocycles. The molecule has 1 N–H and O–H groups in total. The van der Waals surface area contributed by atoms with Gasteiger partial charge in [-0.25, -0.2) is 4.98 Å². The SMILES string of the molecule is O=C(NC1CCCCC1)C1CCCN(c2nc3ccsc3c(=O)n2Cc2ccccc2)C1. The molecule has 1 aliphatic heterocycles. The maximum Gasteiger partial charge on any atom is 0.273 e. The smallest absolute Gasteiger partial charge is 0.273 e. The number of amides is 1. The molecule has 1 unspecified atom stereocenters. The van der Waals surface area contributed by atoms with Gasteiger partial charge in [0.2, 0.25) is 11.9 Å². The summed E-state index contributed by atoms with van der Waals surface area (Å²) < 4.78 is 2.48. The van der Waals surface area contributed by atoms with Gasteiger partial charge in [0.1, 0.15) is 4.70 Å². The number of carbonyl (C=O) groups is 1. The summed E-state index contributed by atoms with van der Waals surface area (Å²) in [5, 5.41) is 5.22. The number of rotatable bonds is 5. The molecule has 0 bridgehead atoms. The van der Waals surface area contributed by atoms with Crippen LogP contribution < -0.4 is 15.8 Å². The Morgan fingerprint density at radius 1 is 1.06 bits per heavy atom. The van der Waals surface area contributed by atoms with Crippen LogP contribution in [0.1, 0.15) is 50.5 Å². The van der Waals surface area contributed by atoms with Crippen LogP contribution in [0.15, 0.2) is 46.6 Å². The molecule has 3 heterocycles. The quantitative estimate of drug-likeness (QED) is 0.634. The van der Waals surface area contributed by atoms with Crippen LogP contribution >= 0.6 is 11.3 Å². The van der Waals surface area contributed by atoms with Crippen LogP contribution in [-0.4, -0.2) is 34.6 Å². The summed E-state index contributed by atoms with van der Waals surface area (Å²) in [5.41, 5.74) is 1.81. The summed E-state index contributed by atoms with van der Waals surface area (Å²) in [7, 11) is 0. The van der Waals surface area contributed by atoms with Crippen molar-refractivity contribution in [1.29, 1.82) is 0 Å². The molecule has 5 rings (SSSR count). The minimum Gasteiger partial charge on any atom is -0.353 e. The van der Waals surface area contributed by atoms with Crippen LogP contribution in [0, 0.1) is 5.92 Å². The van der Waals surface area contributed by atoms with Gasteiger partial charge in [0.05, 0.1) is 18.0 Å². The van der Waals surface area contributed by atoms with Crippen molar-refractivity contribution in [2.75, 3.05) is 18.0 Å². The number of nitrogens with one attached hydrogen (secondary N) is 1. The van der Waals surface area contributed by atoms with Gasteiger partial charge in [-0.1, -0.05) is 49.6 Å². The van der Waals surface area contributed by atoms with E-state index in [0.29, 0.717) is 29.8 Å². The predicted molar refractivity (Wildman–Crippen MR) is 129 cm³/mol. The summed E-state index contributed by atoms with van der Waals surface area (Å²) in [6.45, 7) is 1.89. The topological polar surface area (TPSA) is 67.2 Å². The van der Waals surface area contributed by atoms with Gasteiger partial charge in [-0.3, -0.25) is 14.2 Å². The molecule has 2 aromatic heterocycles. The monoisotopic (exact) mass is 450 g/mol. The molecule has 3 aromatic rings. The average molecular weight is 451 g/mol. The number of nitrogens with zero attached hydrogens (tertiary/aromatic N) is 3. The van der Waals surface area contributed by atoms with Crippen molar-refractivity contribution < 1.29 is 4.79 Å². The van der Waals surface area contributed by atoms with E-state index in [0.717, 1.165) is 43.3 Å². The molecule has 1 atom stereocenters. The highest BCUT2D eigenvalue weighted by molar-refractivity contribution is 7.17. The highest BCUT2D eigenvalue weighted by Gasteiger charge is 2.30. The summed E-state index contributed by atoms with van der Waals surface area (Å²) in [4.78, 5) is 33.4. The first kappa shape index (κ1) is 21.2. The van der Waals surface area contributed by atoms with E-state index in [9.17, 15) is 9.59 Å². The third kappa shape index (κ3) is 4.44. The van der Waals surface area contributed by atoms with E-state index < -0.39 is 0 Å². The van der Waals surface area contributed by atoms with Crippen molar-refractivity contribution in [3.63, 3.8) is 0 Å². The Kier molecular flexibility index (Phi) is 6.26. The molecule has 1 saturated carbocycles. The molecule has 7 heteroatoms. The van der Waals surface area contributed by atoms with E-state index in [1.807, 2.05) is 41.8 Å². The minimum atomic E-state index is -0.0640. The van der Waals surface area contributed by atoms with Gasteiger partial charge >= 0.3 is 0 Å². The Labute approximate surface area is 192 Å². The Balaban J connectivity index is 1.42. The van der Waals surface area contributed by atoms with Crippen LogP contribution in [0.2, 0.25) is 0 Å². The maximum atomic E-state index is 13.4. The number of aromatic nitrogens is 2. The average Bonchev–Trinajstić information content (AvgIpc) is 3.31. The second-order valence-corrected chi connectivity index (χ2v) is 9.97. The number of benzene rings is 1. The second-order valence-electron chi connectivity index (χ2n) is 9.05. The van der Waals surface area contributed by atoms with E-state index in [-0.39, 0.29) is 17.4 Å². The molecular formula is C25H30N4O2S. The highest BCUT2D eigenvalue weighted by atomic mass is 32.1. The van der Waals surface area contributed by atoms with Crippen molar-refractivity contribution in [2.45, 2.75) is 57.5 Å². The van der Waals surface area contributed by atoms with Gasteiger partial charge in [0.15, 0.2) is 0 Å². The van der Waals surface area contributed by atoms with E-state index in [4.69, 9.17) is 4.98 Å². The third-order valence-electron chi connectivity index (χ3n) is 6.76. The number of carbonyl (C=O) groups excluding carboxylic acids is 1. The largest absolute Gasteiger partial charge is 0.353 e. The zero-order valence-electron chi connectivity index (χ0n) is 18.3. The summed E-state index contributed by atoms with van der Waals surface area (Å²) in [6, 6.07) is 12.3. The predicted octanol–water partition coefficient (Wildman–Crippen LogP) is 4.17. The fourth-order valence-corrected chi connectivity index (χ4v) is 5.80. The first-order chi connectivity index (χ1) is 15.7. The minimum absolute atomic E-state index is 0.00219. The molecule has 2 fully saturated rings. The Morgan fingerprint density at radius 2 is 1.88 bits per heavy atom. The first-order valence-electron chi connectivity index (χ1n) is 11.8. The number of thiophene rings is 1. The number of hydrogen-bond donors (Lipinski definition) is 1. The van der Waals surface area contributed by atoms with Crippen molar-refractivity contribution in [1.82, 2.24) is 14.9 Å². The van der Waals surface area contributed by atoms with E-state index in [1.54, 1.807) is 4.57 Å². The summed E-state index contributed by atoms with van der Waals surface area (Å²) in [6.07, 6.45) is 7.68. The second kappa shape index (κ2) is 9.45. The molecule has 1 amide bonds. The van der Waals surface area contributed by atoms with Gasteiger partial charge in [-0.05, 0) is 42.7 Å². The van der Waals surface area contributed by atoms with Crippen molar-refractivity contribution >= 4 is 33.4 Å². The molecule has 32 heavy (non-hydrogen) atoms. The number of anilines is 1. The van der Waals surface area contributed by atoms with Gasteiger partial charge in [0.25, 0.3) is 5.56 Å². The first-order valence-corrected chi connectivity index (χ1v) is 12.6. The lowest BCUT2D eigenvalue weighted by Gasteiger charge is -2.35. The van der Waals surface area contributed by atoms with Crippen LogP contribution in [0.4, 0.5) is 5.95 Å². The Bertz CT molecular complexity index is 1130. The van der Waals surface area contributed by atoms with E-state index in [1.165, 1.54) is 30.6 Å². The number of hydrogen-bond acceptors (Lipinski definition) is 5. The lowest BCUT2D eigenvalue weighted by atomic mass is 9.93. The van der Waals surface area contributed by atoms with Crippen LogP contribution in [0.3, 0.4) is 0 Å². The van der Waals surface area contributed by atoms with Crippen LogP contribution in [0.25, 0.3) is 10.2 Å². The van der Waals surface area contributed by atoms with Gasteiger partial charge in [0, 0.05) is 19.1 Å². The summed E-state index contributed by atoms with van der Waals surface area (Å²) >= 11 is 1.44. The van der Waals surface area contributed by atoms with Crippen LogP contribution in [-0.2, 0) is 11.3 Å². The maximum absolute atomic E-state index is 13.4. The van der Waals surface area contributed by atoms with Crippen LogP contribution in [0.5, 0.6) is 0 Å². The molecule has 6 nitrogen and oxygen atoms in total. The number of piperidine rings is 1. The zero-order valence-corrected chi connectivity index (χ0v) is 19.2. The zero-order chi connectivity index (χ0) is 21.9. The molecule has 1 aromatic carbocycles. The molecule has 0 radical (unpaired) electrons. The van der Waals surface area contributed by atoms with Gasteiger partial charge in [-0.15, -0.1) is 11.3 Å². The fourth-order valence-electron chi connectivity index (χ4n) is 5.02. The number of fused-ring (bicyclic) bond motifs is 1. The Hall–Kier alpha value is -2.67. The van der Waals surface area contributed by atoms with Crippen molar-refractivity contribution in [3.05, 3.63) is 57.7 Å². The van der Waals surface area contributed by atoms with E-state index in [2.05, 4.69) is 10.2 Å². The molecule has 2 aliphatic rings. The van der Waals surface area contributed by atoms with Gasteiger partial charge < -0.3 is 10.2 Å². The summed E-state index contributed by atoms with van der Waals surface area (Å²) in [5.74, 6) is 0.779. The van der Waals surface area contributed by atoms with Crippen molar-refractivity contribution in [3.8, 4) is 0 Å². The lowest BCUT2D eigenvalue weighted by Crippen LogP contribution is -2.47. The molecule has 0 spiro atoms. The standard InChI is InChI=1S/C25H30N4O2S/c30-23(26-20-11-5-2-6-12-20)19-10-7-14-28(17-19)25-27-21-13-15-32-22(21)24(31)29(25)16-18-8-3-1-4-9-18/h1,3-4,8-9,13,15,19-20H,2,5-7,10-12,14,16-17H2,(H,26,30). The highest BCUT2D eigenvalue weighted by Crippen LogP contribution is 2.26. The molecular weight excluding hydrogens is 420 g/mol. The molecule has 168 valence electrons. The molecule has 1 saturated heterocycles. The normalized spacial score (nSPS) is 19.9. The van der Waals surface area contributed by atoms with Gasteiger partial charge in [-0.2, -0.15) is 0 Å². The van der Waals surface area contributed by atoms with E-state index >= 15 is 0 Å². The third-order valence-corrected chi connectivity index (χ3v) is 7.65.